The first-order valence-electron chi connectivity index (χ1n) is 11.5. The van der Waals surface area contributed by atoms with Crippen molar-refractivity contribution in [3.63, 3.8) is 0 Å². The molecule has 0 heterocycles. The molecule has 0 spiro atoms. The van der Waals surface area contributed by atoms with Crippen LogP contribution in [0.25, 0.3) is 16.8 Å². The zero-order chi connectivity index (χ0) is 24.5. The van der Waals surface area contributed by atoms with Crippen molar-refractivity contribution in [3.8, 4) is 11.8 Å². The Kier molecular flexibility index (Phi) is 8.32. The van der Waals surface area contributed by atoms with Crippen LogP contribution >= 0.6 is 15.9 Å². The molecule has 1 amide bonds. The van der Waals surface area contributed by atoms with Crippen LogP contribution in [-0.2, 0) is 17.8 Å². The molecule has 0 saturated heterocycles. The fraction of sp³-hybridized carbons (Fsp3) is 0.133. The smallest absolute Gasteiger partial charge is 0.261 e. The Labute approximate surface area is 214 Å². The van der Waals surface area contributed by atoms with Crippen LogP contribution in [-0.4, -0.2) is 12.5 Å². The van der Waals surface area contributed by atoms with E-state index in [1.807, 2.05) is 54.6 Å². The Morgan fingerprint density at radius 1 is 0.914 bits per heavy atom. The first-order chi connectivity index (χ1) is 17.1. The summed E-state index contributed by atoms with van der Waals surface area (Å²) in [6, 6.07) is 32.1. The zero-order valence-electron chi connectivity index (χ0n) is 19.2. The summed E-state index contributed by atoms with van der Waals surface area (Å²) >= 11 is 3.55. The number of rotatable bonds is 9. The van der Waals surface area contributed by atoms with E-state index in [0.717, 1.165) is 28.4 Å². The van der Waals surface area contributed by atoms with Crippen molar-refractivity contribution < 1.29 is 9.53 Å². The Morgan fingerprint density at radius 2 is 1.69 bits per heavy atom. The molecule has 0 atom stereocenters. The Morgan fingerprint density at radius 3 is 2.46 bits per heavy atom. The molecule has 0 fully saturated rings. The lowest BCUT2D eigenvalue weighted by molar-refractivity contribution is -0.117. The highest BCUT2D eigenvalue weighted by atomic mass is 79.9. The molecule has 0 bridgehead atoms. The van der Waals surface area contributed by atoms with Crippen LogP contribution in [0.15, 0.2) is 101 Å². The second-order valence-electron chi connectivity index (χ2n) is 8.17. The quantitative estimate of drug-likeness (QED) is 0.148. The summed E-state index contributed by atoms with van der Waals surface area (Å²) in [5.74, 6) is 0.326. The fourth-order valence-electron chi connectivity index (χ4n) is 3.76. The number of aryl methyl sites for hydroxylation is 1. The molecule has 5 heteroatoms. The van der Waals surface area contributed by atoms with E-state index in [1.165, 1.54) is 16.3 Å². The number of amides is 1. The Bertz CT molecular complexity index is 1390. The van der Waals surface area contributed by atoms with Crippen LogP contribution in [0.4, 0.5) is 0 Å². The van der Waals surface area contributed by atoms with Crippen molar-refractivity contribution in [2.75, 3.05) is 6.54 Å². The van der Waals surface area contributed by atoms with Crippen LogP contribution in [0.2, 0.25) is 0 Å². The summed E-state index contributed by atoms with van der Waals surface area (Å²) in [6.45, 7) is 0.950. The third-order valence-corrected chi connectivity index (χ3v) is 6.23. The van der Waals surface area contributed by atoms with Gasteiger partial charge in [-0.1, -0.05) is 72.8 Å². The highest BCUT2D eigenvalue weighted by Gasteiger charge is 2.10. The number of carbonyl (C=O) groups is 1. The summed E-state index contributed by atoms with van der Waals surface area (Å²) in [5, 5.41) is 14.7. The van der Waals surface area contributed by atoms with Gasteiger partial charge in [-0.15, -0.1) is 0 Å². The molecule has 0 radical (unpaired) electrons. The summed E-state index contributed by atoms with van der Waals surface area (Å²) in [7, 11) is 0. The summed E-state index contributed by atoms with van der Waals surface area (Å²) in [6.07, 6.45) is 3.27. The number of carbonyl (C=O) groups excluding carboxylic acids is 1. The molecule has 0 aliphatic rings. The maximum absolute atomic E-state index is 12.5. The average molecular weight is 525 g/mol. The van der Waals surface area contributed by atoms with Gasteiger partial charge in [0.1, 0.15) is 24.0 Å². The molecule has 0 unspecified atom stereocenters. The normalized spacial score (nSPS) is 11.1. The van der Waals surface area contributed by atoms with Gasteiger partial charge in [-0.25, -0.2) is 0 Å². The number of nitriles is 1. The van der Waals surface area contributed by atoms with Crippen LogP contribution in [0, 0.1) is 11.3 Å². The van der Waals surface area contributed by atoms with Crippen molar-refractivity contribution >= 4 is 38.7 Å². The number of hydrogen-bond donors (Lipinski definition) is 1. The number of nitrogens with zero attached hydrogens (tertiary/aromatic N) is 1. The number of fused-ring (bicyclic) bond motifs is 1. The summed E-state index contributed by atoms with van der Waals surface area (Å²) in [4.78, 5) is 12.5. The minimum atomic E-state index is -0.367. The molecule has 4 aromatic rings. The molecule has 0 aliphatic heterocycles. The maximum Gasteiger partial charge on any atom is 0.261 e. The second kappa shape index (κ2) is 12.0. The minimum absolute atomic E-state index is 0.0708. The molecule has 0 aromatic heterocycles. The minimum Gasteiger partial charge on any atom is -0.488 e. The van der Waals surface area contributed by atoms with Gasteiger partial charge in [-0.3, -0.25) is 4.79 Å². The fourth-order valence-corrected chi connectivity index (χ4v) is 4.27. The number of halogens is 1. The van der Waals surface area contributed by atoms with E-state index >= 15 is 0 Å². The number of ether oxygens (including phenoxy) is 1. The lowest BCUT2D eigenvalue weighted by Crippen LogP contribution is -2.25. The highest BCUT2D eigenvalue weighted by molar-refractivity contribution is 9.10. The van der Waals surface area contributed by atoms with Gasteiger partial charge in [0.05, 0.1) is 4.47 Å². The van der Waals surface area contributed by atoms with E-state index in [9.17, 15) is 10.1 Å². The topological polar surface area (TPSA) is 62.1 Å². The van der Waals surface area contributed by atoms with Gasteiger partial charge in [-0.2, -0.15) is 5.26 Å². The molecule has 35 heavy (non-hydrogen) atoms. The van der Waals surface area contributed by atoms with E-state index < -0.39 is 0 Å². The van der Waals surface area contributed by atoms with Gasteiger partial charge in [0.15, 0.2) is 0 Å². The molecular formula is C30H25BrN2O2. The van der Waals surface area contributed by atoms with Crippen LogP contribution in [0.5, 0.6) is 5.75 Å². The van der Waals surface area contributed by atoms with E-state index in [4.69, 9.17) is 4.74 Å². The SMILES string of the molecule is N#C/C(=C/c1ccc(OCc2ccc3ccccc3c2)c(Br)c1)C(=O)NCCCc1ccccc1. The molecule has 0 saturated carbocycles. The maximum atomic E-state index is 12.5. The molecule has 0 aliphatic carbocycles. The van der Waals surface area contributed by atoms with Gasteiger partial charge >= 0.3 is 0 Å². The van der Waals surface area contributed by atoms with Gasteiger partial charge in [0.25, 0.3) is 5.91 Å². The predicted molar refractivity (Wildman–Crippen MR) is 144 cm³/mol. The lowest BCUT2D eigenvalue weighted by atomic mass is 10.1. The van der Waals surface area contributed by atoms with Gasteiger partial charge in [0, 0.05) is 6.54 Å². The van der Waals surface area contributed by atoms with Gasteiger partial charge in [0.2, 0.25) is 0 Å². The van der Waals surface area contributed by atoms with Crippen molar-refractivity contribution in [1.29, 1.82) is 5.26 Å². The van der Waals surface area contributed by atoms with Crippen molar-refractivity contribution in [1.82, 2.24) is 5.32 Å². The highest BCUT2D eigenvalue weighted by Crippen LogP contribution is 2.28. The molecule has 4 aromatic carbocycles. The third kappa shape index (κ3) is 6.81. The standard InChI is InChI=1S/C30H25BrN2O2/c31-28-19-23(17-27(20-32)30(34)33-16-6-9-22-7-2-1-3-8-22)13-15-29(28)35-21-24-12-14-25-10-4-5-11-26(25)18-24/h1-5,7-8,10-15,17-19H,6,9,16,21H2,(H,33,34)/b27-17-. The average Bonchev–Trinajstić information content (AvgIpc) is 2.89. The number of hydrogen-bond acceptors (Lipinski definition) is 3. The molecular weight excluding hydrogens is 500 g/mol. The zero-order valence-corrected chi connectivity index (χ0v) is 20.8. The Balaban J connectivity index is 1.33. The summed E-state index contributed by atoms with van der Waals surface area (Å²) < 4.78 is 6.75. The monoisotopic (exact) mass is 524 g/mol. The van der Waals surface area contributed by atoms with E-state index in [1.54, 1.807) is 6.08 Å². The summed E-state index contributed by atoms with van der Waals surface area (Å²) in [5.41, 5.74) is 3.12. The molecule has 174 valence electrons. The van der Waals surface area contributed by atoms with Crippen molar-refractivity contribution in [2.24, 2.45) is 0 Å². The molecule has 1 N–H and O–H groups in total. The molecule has 4 rings (SSSR count). The second-order valence-corrected chi connectivity index (χ2v) is 9.03. The van der Waals surface area contributed by atoms with Gasteiger partial charge in [-0.05, 0) is 80.5 Å². The van der Waals surface area contributed by atoms with Crippen molar-refractivity contribution in [2.45, 2.75) is 19.4 Å². The number of nitrogens with one attached hydrogen (secondary N) is 1. The van der Waals surface area contributed by atoms with Crippen LogP contribution in [0.1, 0.15) is 23.1 Å². The largest absolute Gasteiger partial charge is 0.488 e. The van der Waals surface area contributed by atoms with E-state index in [-0.39, 0.29) is 11.5 Å². The van der Waals surface area contributed by atoms with E-state index in [0.29, 0.717) is 18.9 Å². The first kappa shape index (κ1) is 24.3. The molecule has 4 nitrogen and oxygen atoms in total. The van der Waals surface area contributed by atoms with Gasteiger partial charge < -0.3 is 10.1 Å². The Hall–Kier alpha value is -3.88. The first-order valence-corrected chi connectivity index (χ1v) is 12.3. The lowest BCUT2D eigenvalue weighted by Gasteiger charge is -2.10. The number of benzene rings is 4. The van der Waals surface area contributed by atoms with Crippen LogP contribution < -0.4 is 10.1 Å². The van der Waals surface area contributed by atoms with E-state index in [2.05, 4.69) is 63.7 Å². The van der Waals surface area contributed by atoms with Crippen molar-refractivity contribution in [3.05, 3.63) is 118 Å². The van der Waals surface area contributed by atoms with Crippen LogP contribution in [0.3, 0.4) is 0 Å². The predicted octanol–water partition coefficient (Wildman–Crippen LogP) is 6.84. The third-order valence-electron chi connectivity index (χ3n) is 5.61.